The Morgan fingerprint density at radius 2 is 2.00 bits per heavy atom. The van der Waals surface area contributed by atoms with Gasteiger partial charge in [-0.3, -0.25) is 0 Å². The third-order valence-corrected chi connectivity index (χ3v) is 4.71. The van der Waals surface area contributed by atoms with Gasteiger partial charge in [-0.2, -0.15) is 0 Å². The average Bonchev–Trinajstić information content (AvgIpc) is 2.71. The van der Waals surface area contributed by atoms with Gasteiger partial charge in [-0.15, -0.1) is 11.3 Å². The molecule has 0 saturated carbocycles. The van der Waals surface area contributed by atoms with Crippen LogP contribution in [-0.2, 0) is 6.61 Å². The van der Waals surface area contributed by atoms with E-state index in [1.54, 1.807) is 23.1 Å². The normalized spacial score (nSPS) is 10.7. The van der Waals surface area contributed by atoms with Crippen LogP contribution in [0.3, 0.4) is 0 Å². The number of rotatable bonds is 3. The standard InChI is InChI=1S/C13H14OS2/c1-9-3-4-10(2)12(7-9)16-13-6-5-11(8-14)15-13/h3-7,14H,8H2,1-2H3. The molecule has 1 aromatic carbocycles. The van der Waals surface area contributed by atoms with Crippen molar-refractivity contribution >= 4 is 23.1 Å². The zero-order valence-corrected chi connectivity index (χ0v) is 11.0. The highest BCUT2D eigenvalue weighted by Gasteiger charge is 2.04. The summed E-state index contributed by atoms with van der Waals surface area (Å²) < 4.78 is 1.23. The summed E-state index contributed by atoms with van der Waals surface area (Å²) in [4.78, 5) is 2.32. The SMILES string of the molecule is Cc1ccc(C)c(Sc2ccc(CO)s2)c1. The zero-order chi connectivity index (χ0) is 11.5. The van der Waals surface area contributed by atoms with Crippen LogP contribution in [-0.4, -0.2) is 5.11 Å². The molecule has 1 nitrogen and oxygen atoms in total. The molecule has 0 atom stereocenters. The van der Waals surface area contributed by atoms with E-state index in [2.05, 4.69) is 38.1 Å². The molecule has 0 aliphatic heterocycles. The van der Waals surface area contributed by atoms with E-state index in [1.165, 1.54) is 20.2 Å². The molecule has 1 aromatic heterocycles. The first-order chi connectivity index (χ1) is 7.69. The monoisotopic (exact) mass is 250 g/mol. The van der Waals surface area contributed by atoms with Crippen molar-refractivity contribution in [2.75, 3.05) is 0 Å². The van der Waals surface area contributed by atoms with Crippen LogP contribution < -0.4 is 0 Å². The van der Waals surface area contributed by atoms with Crippen LogP contribution in [0.25, 0.3) is 0 Å². The summed E-state index contributed by atoms with van der Waals surface area (Å²) in [5, 5.41) is 9.02. The van der Waals surface area contributed by atoms with Crippen molar-refractivity contribution in [1.29, 1.82) is 0 Å². The van der Waals surface area contributed by atoms with Gasteiger partial charge in [0.2, 0.25) is 0 Å². The van der Waals surface area contributed by atoms with E-state index in [0.29, 0.717) is 0 Å². The minimum absolute atomic E-state index is 0.137. The maximum atomic E-state index is 9.02. The van der Waals surface area contributed by atoms with Gasteiger partial charge in [-0.05, 0) is 43.2 Å². The largest absolute Gasteiger partial charge is 0.391 e. The molecule has 0 saturated heterocycles. The van der Waals surface area contributed by atoms with E-state index in [0.717, 1.165) is 4.88 Å². The van der Waals surface area contributed by atoms with Gasteiger partial charge in [0.15, 0.2) is 0 Å². The molecule has 0 aliphatic carbocycles. The van der Waals surface area contributed by atoms with Gasteiger partial charge in [-0.1, -0.05) is 23.9 Å². The molecule has 0 bridgehead atoms. The fourth-order valence-corrected chi connectivity index (χ4v) is 3.60. The first-order valence-electron chi connectivity index (χ1n) is 5.13. The Labute approximate surface area is 104 Å². The Morgan fingerprint density at radius 1 is 1.19 bits per heavy atom. The topological polar surface area (TPSA) is 20.2 Å². The van der Waals surface area contributed by atoms with Gasteiger partial charge >= 0.3 is 0 Å². The average molecular weight is 250 g/mol. The molecule has 0 fully saturated rings. The first kappa shape index (κ1) is 11.7. The number of hydrogen-bond acceptors (Lipinski definition) is 3. The Balaban J connectivity index is 2.22. The Hall–Kier alpha value is -0.770. The highest BCUT2D eigenvalue weighted by atomic mass is 32.2. The molecule has 2 aromatic rings. The quantitative estimate of drug-likeness (QED) is 0.888. The fourth-order valence-electron chi connectivity index (χ4n) is 1.42. The molecule has 2 rings (SSSR count). The van der Waals surface area contributed by atoms with Crippen molar-refractivity contribution in [3.63, 3.8) is 0 Å². The fraction of sp³-hybridized carbons (Fsp3) is 0.231. The number of benzene rings is 1. The molecular weight excluding hydrogens is 236 g/mol. The molecular formula is C13H14OS2. The molecule has 84 valence electrons. The Kier molecular flexibility index (Phi) is 3.69. The van der Waals surface area contributed by atoms with Crippen molar-refractivity contribution in [3.8, 4) is 0 Å². The van der Waals surface area contributed by atoms with E-state index < -0.39 is 0 Å². The molecule has 0 spiro atoms. The maximum Gasteiger partial charge on any atom is 0.0774 e. The molecule has 0 unspecified atom stereocenters. The van der Waals surface area contributed by atoms with Crippen LogP contribution in [0, 0.1) is 13.8 Å². The lowest BCUT2D eigenvalue weighted by Gasteiger charge is -2.04. The number of aliphatic hydroxyl groups excluding tert-OH is 1. The van der Waals surface area contributed by atoms with E-state index in [-0.39, 0.29) is 6.61 Å². The zero-order valence-electron chi connectivity index (χ0n) is 9.36. The highest BCUT2D eigenvalue weighted by Crippen LogP contribution is 2.35. The van der Waals surface area contributed by atoms with Crippen molar-refractivity contribution < 1.29 is 5.11 Å². The predicted octanol–water partition coefficient (Wildman–Crippen LogP) is 4.01. The smallest absolute Gasteiger partial charge is 0.0774 e. The van der Waals surface area contributed by atoms with Crippen LogP contribution in [0.2, 0.25) is 0 Å². The van der Waals surface area contributed by atoms with E-state index in [1.807, 2.05) is 6.07 Å². The predicted molar refractivity (Wildman–Crippen MR) is 70.3 cm³/mol. The molecule has 3 heteroatoms. The van der Waals surface area contributed by atoms with Crippen LogP contribution in [0.15, 0.2) is 39.4 Å². The minimum Gasteiger partial charge on any atom is -0.391 e. The number of aryl methyl sites for hydroxylation is 2. The lowest BCUT2D eigenvalue weighted by Crippen LogP contribution is -1.80. The second kappa shape index (κ2) is 5.04. The van der Waals surface area contributed by atoms with Gasteiger partial charge in [0, 0.05) is 9.77 Å². The minimum atomic E-state index is 0.137. The van der Waals surface area contributed by atoms with Crippen molar-refractivity contribution in [1.82, 2.24) is 0 Å². The van der Waals surface area contributed by atoms with Gasteiger partial charge < -0.3 is 5.11 Å². The van der Waals surface area contributed by atoms with Crippen molar-refractivity contribution in [2.45, 2.75) is 29.6 Å². The third kappa shape index (κ3) is 2.67. The van der Waals surface area contributed by atoms with Gasteiger partial charge in [0.25, 0.3) is 0 Å². The van der Waals surface area contributed by atoms with E-state index in [4.69, 9.17) is 5.11 Å². The van der Waals surface area contributed by atoms with Gasteiger partial charge in [0.05, 0.1) is 10.8 Å². The maximum absolute atomic E-state index is 9.02. The second-order valence-corrected chi connectivity index (χ2v) is 6.26. The number of aliphatic hydroxyl groups is 1. The number of thiophene rings is 1. The van der Waals surface area contributed by atoms with Crippen molar-refractivity contribution in [2.24, 2.45) is 0 Å². The molecule has 1 heterocycles. The first-order valence-corrected chi connectivity index (χ1v) is 6.77. The summed E-state index contributed by atoms with van der Waals surface area (Å²) in [6, 6.07) is 10.5. The Morgan fingerprint density at radius 3 is 2.69 bits per heavy atom. The van der Waals surface area contributed by atoms with E-state index >= 15 is 0 Å². The second-order valence-electron chi connectivity index (χ2n) is 3.75. The summed E-state index contributed by atoms with van der Waals surface area (Å²) in [6.45, 7) is 4.37. The van der Waals surface area contributed by atoms with Crippen LogP contribution >= 0.6 is 23.1 Å². The van der Waals surface area contributed by atoms with E-state index in [9.17, 15) is 0 Å². The lowest BCUT2D eigenvalue weighted by atomic mass is 10.2. The highest BCUT2D eigenvalue weighted by molar-refractivity contribution is 8.01. The molecule has 0 amide bonds. The lowest BCUT2D eigenvalue weighted by molar-refractivity contribution is 0.285. The summed E-state index contributed by atoms with van der Waals surface area (Å²) >= 11 is 3.43. The van der Waals surface area contributed by atoms with Gasteiger partial charge in [-0.25, -0.2) is 0 Å². The van der Waals surface area contributed by atoms with Gasteiger partial charge in [0.1, 0.15) is 0 Å². The number of hydrogen-bond donors (Lipinski definition) is 1. The summed E-state index contributed by atoms with van der Waals surface area (Å²) in [5.41, 5.74) is 2.58. The van der Waals surface area contributed by atoms with Crippen LogP contribution in [0.5, 0.6) is 0 Å². The molecule has 16 heavy (non-hydrogen) atoms. The summed E-state index contributed by atoms with van der Waals surface area (Å²) in [7, 11) is 0. The van der Waals surface area contributed by atoms with Crippen LogP contribution in [0.1, 0.15) is 16.0 Å². The molecule has 0 radical (unpaired) electrons. The van der Waals surface area contributed by atoms with Crippen molar-refractivity contribution in [3.05, 3.63) is 46.3 Å². The molecule has 1 N–H and O–H groups in total. The van der Waals surface area contributed by atoms with Crippen LogP contribution in [0.4, 0.5) is 0 Å². The summed E-state index contributed by atoms with van der Waals surface area (Å²) in [5.74, 6) is 0. The molecule has 0 aliphatic rings. The summed E-state index contributed by atoms with van der Waals surface area (Å²) in [6.07, 6.45) is 0. The Bertz CT molecular complexity index is 488. The third-order valence-electron chi connectivity index (χ3n) is 2.35.